The van der Waals surface area contributed by atoms with Crippen molar-refractivity contribution in [3.63, 3.8) is 0 Å². The van der Waals surface area contributed by atoms with Gasteiger partial charge in [-0.05, 0) is 12.1 Å². The first-order valence-corrected chi connectivity index (χ1v) is 12.5. The molecular weight excluding hydrogens is 488 g/mol. The molecule has 0 radical (unpaired) electrons. The zero-order chi connectivity index (χ0) is 24.2. The molecule has 0 fully saturated rings. The molecule has 5 rings (SSSR count). The van der Waals surface area contributed by atoms with E-state index in [1.807, 2.05) is 30.3 Å². The van der Waals surface area contributed by atoms with Crippen molar-refractivity contribution in [3.05, 3.63) is 71.6 Å². The van der Waals surface area contributed by atoms with Crippen LogP contribution in [0.25, 0.3) is 11.4 Å². The Balaban J connectivity index is 1.07. The number of imide groups is 1. The average Bonchev–Trinajstić information content (AvgIpc) is 3.59. The van der Waals surface area contributed by atoms with Gasteiger partial charge in [0, 0.05) is 30.7 Å². The molecule has 1 aliphatic heterocycles. The number of nitrogens with one attached hydrogen (secondary N) is 1. The molecule has 4 aromatic rings. The lowest BCUT2D eigenvalue weighted by Crippen LogP contribution is -2.31. The molecule has 3 heterocycles. The van der Waals surface area contributed by atoms with Gasteiger partial charge < -0.3 is 9.84 Å². The molecule has 0 saturated heterocycles. The van der Waals surface area contributed by atoms with Crippen molar-refractivity contribution < 1.29 is 18.9 Å². The Labute approximate surface area is 207 Å². The Kier molecular flexibility index (Phi) is 6.64. The summed E-state index contributed by atoms with van der Waals surface area (Å²) < 4.78 is 5.85. The maximum absolute atomic E-state index is 12.4. The zero-order valence-corrected chi connectivity index (χ0v) is 19.8. The monoisotopic (exact) mass is 506 g/mol. The lowest BCUT2D eigenvalue weighted by atomic mass is 10.1. The number of carbonyl (C=O) groups excluding carboxylic acids is 3. The number of anilines is 1. The van der Waals surface area contributed by atoms with E-state index in [1.54, 1.807) is 24.3 Å². The summed E-state index contributed by atoms with van der Waals surface area (Å²) in [4.78, 5) is 42.7. The number of aromatic nitrogens is 4. The van der Waals surface area contributed by atoms with Crippen LogP contribution >= 0.6 is 23.1 Å². The van der Waals surface area contributed by atoms with Crippen LogP contribution in [-0.2, 0) is 11.2 Å². The number of carbonyl (C=O) groups is 3. The molecule has 0 aliphatic carbocycles. The van der Waals surface area contributed by atoms with Crippen molar-refractivity contribution in [3.8, 4) is 11.4 Å². The van der Waals surface area contributed by atoms with Gasteiger partial charge >= 0.3 is 0 Å². The van der Waals surface area contributed by atoms with E-state index in [0.29, 0.717) is 44.5 Å². The summed E-state index contributed by atoms with van der Waals surface area (Å²) in [5.41, 5.74) is 1.70. The highest BCUT2D eigenvalue weighted by atomic mass is 32.2. The van der Waals surface area contributed by atoms with Crippen LogP contribution in [0.4, 0.5) is 5.13 Å². The van der Waals surface area contributed by atoms with Crippen molar-refractivity contribution in [1.82, 2.24) is 25.2 Å². The highest BCUT2D eigenvalue weighted by Gasteiger charge is 2.34. The van der Waals surface area contributed by atoms with E-state index in [2.05, 4.69) is 25.7 Å². The summed E-state index contributed by atoms with van der Waals surface area (Å²) >= 11 is 2.59. The van der Waals surface area contributed by atoms with Gasteiger partial charge in [-0.2, -0.15) is 4.98 Å². The second-order valence-electron chi connectivity index (χ2n) is 7.46. The average molecular weight is 507 g/mol. The van der Waals surface area contributed by atoms with Crippen LogP contribution in [0.1, 0.15) is 33.0 Å². The van der Waals surface area contributed by atoms with Crippen molar-refractivity contribution >= 4 is 46.0 Å². The second-order valence-corrected chi connectivity index (χ2v) is 9.77. The van der Waals surface area contributed by atoms with Crippen LogP contribution in [0.3, 0.4) is 0 Å². The van der Waals surface area contributed by atoms with Crippen LogP contribution in [0, 0.1) is 0 Å². The van der Waals surface area contributed by atoms with E-state index < -0.39 is 0 Å². The fourth-order valence-corrected chi connectivity index (χ4v) is 5.21. The highest BCUT2D eigenvalue weighted by molar-refractivity contribution is 8.01. The molecule has 1 aliphatic rings. The molecule has 2 aromatic carbocycles. The third-order valence-electron chi connectivity index (χ3n) is 5.14. The number of hydrogen-bond acceptors (Lipinski definition) is 10. The Morgan fingerprint density at radius 3 is 2.46 bits per heavy atom. The van der Waals surface area contributed by atoms with E-state index in [4.69, 9.17) is 4.52 Å². The van der Waals surface area contributed by atoms with Crippen molar-refractivity contribution in [1.29, 1.82) is 0 Å². The molecule has 2 aromatic heterocycles. The summed E-state index contributed by atoms with van der Waals surface area (Å²) in [6.45, 7) is 0.257. The van der Waals surface area contributed by atoms with Crippen molar-refractivity contribution in [2.24, 2.45) is 0 Å². The van der Waals surface area contributed by atoms with Gasteiger partial charge in [0.1, 0.15) is 0 Å². The molecular formula is C23H18N6O4S2. The quantitative estimate of drug-likeness (QED) is 0.206. The van der Waals surface area contributed by atoms with Gasteiger partial charge in [0.25, 0.3) is 11.8 Å². The fraction of sp³-hybridized carbons (Fsp3) is 0.174. The lowest BCUT2D eigenvalue weighted by Gasteiger charge is -2.12. The van der Waals surface area contributed by atoms with Gasteiger partial charge in [-0.15, -0.1) is 10.2 Å². The van der Waals surface area contributed by atoms with Crippen molar-refractivity contribution in [2.75, 3.05) is 17.6 Å². The molecule has 0 bridgehead atoms. The first kappa shape index (κ1) is 22.9. The molecule has 0 spiro atoms. The minimum absolute atomic E-state index is 0.151. The van der Waals surface area contributed by atoms with Crippen molar-refractivity contribution in [2.45, 2.75) is 17.2 Å². The van der Waals surface area contributed by atoms with Crippen LogP contribution in [-0.4, -0.2) is 55.3 Å². The number of fused-ring (bicyclic) bond motifs is 1. The van der Waals surface area contributed by atoms with E-state index in [0.717, 1.165) is 5.56 Å². The summed E-state index contributed by atoms with van der Waals surface area (Å²) in [7, 11) is 0. The molecule has 3 amide bonds. The number of amides is 3. The van der Waals surface area contributed by atoms with Crippen LogP contribution in [0.15, 0.2) is 63.5 Å². The normalized spacial score (nSPS) is 12.7. The molecule has 0 atom stereocenters. The van der Waals surface area contributed by atoms with Gasteiger partial charge in [0.05, 0.1) is 11.1 Å². The number of benzene rings is 2. The Hall–Kier alpha value is -3.90. The zero-order valence-electron chi connectivity index (χ0n) is 18.2. The summed E-state index contributed by atoms with van der Waals surface area (Å²) in [5, 5.41) is 15.1. The van der Waals surface area contributed by atoms with E-state index in [1.165, 1.54) is 28.0 Å². The third-order valence-corrected chi connectivity index (χ3v) is 7.09. The Morgan fingerprint density at radius 2 is 1.71 bits per heavy atom. The smallest absolute Gasteiger partial charge is 0.261 e. The predicted octanol–water partition coefficient (Wildman–Crippen LogP) is 3.55. The summed E-state index contributed by atoms with van der Waals surface area (Å²) in [6, 6.07) is 16.2. The minimum atomic E-state index is -0.284. The van der Waals surface area contributed by atoms with Gasteiger partial charge in [0.2, 0.25) is 22.8 Å². The topological polar surface area (TPSA) is 131 Å². The van der Waals surface area contributed by atoms with Crippen LogP contribution < -0.4 is 5.32 Å². The number of thioether (sulfide) groups is 1. The van der Waals surface area contributed by atoms with Gasteiger partial charge in [-0.3, -0.25) is 19.3 Å². The molecule has 1 N–H and O–H groups in total. The first-order chi connectivity index (χ1) is 17.1. The molecule has 0 saturated carbocycles. The highest BCUT2D eigenvalue weighted by Crippen LogP contribution is 2.27. The molecule has 12 heteroatoms. The third kappa shape index (κ3) is 5.12. The lowest BCUT2D eigenvalue weighted by molar-refractivity contribution is -0.116. The van der Waals surface area contributed by atoms with Gasteiger partial charge in [-0.25, -0.2) is 0 Å². The van der Waals surface area contributed by atoms with Gasteiger partial charge in [0.15, 0.2) is 4.34 Å². The maximum Gasteiger partial charge on any atom is 0.261 e. The first-order valence-electron chi connectivity index (χ1n) is 10.7. The fourth-order valence-electron chi connectivity index (χ4n) is 3.45. The van der Waals surface area contributed by atoms with E-state index >= 15 is 0 Å². The SMILES string of the molecule is O=C(CCc1nc(-c2ccccc2)no1)Nc1nnc(SCCN2C(=O)c3ccccc3C2=O)s1. The largest absolute Gasteiger partial charge is 0.339 e. The predicted molar refractivity (Wildman–Crippen MR) is 129 cm³/mol. The molecule has 35 heavy (non-hydrogen) atoms. The molecule has 0 unspecified atom stereocenters. The standard InChI is InChI=1S/C23H18N6O4S2/c30-17(10-11-18-25-19(28-33-18)14-6-2-1-3-7-14)24-22-26-27-23(35-22)34-13-12-29-20(31)15-8-4-5-9-16(15)21(29)32/h1-9H,10-13H2,(H,24,26,30). The summed E-state index contributed by atoms with van der Waals surface area (Å²) in [6.07, 6.45) is 0.449. The van der Waals surface area contributed by atoms with Gasteiger partial charge in [-0.1, -0.05) is 70.7 Å². The number of aryl methyl sites for hydroxylation is 1. The van der Waals surface area contributed by atoms with Crippen LogP contribution in [0.2, 0.25) is 0 Å². The van der Waals surface area contributed by atoms with E-state index in [9.17, 15) is 14.4 Å². The van der Waals surface area contributed by atoms with Crippen LogP contribution in [0.5, 0.6) is 0 Å². The maximum atomic E-state index is 12.4. The second kappa shape index (κ2) is 10.2. The Bertz CT molecular complexity index is 1350. The minimum Gasteiger partial charge on any atom is -0.339 e. The number of hydrogen-bond donors (Lipinski definition) is 1. The Morgan fingerprint density at radius 1 is 1.00 bits per heavy atom. The summed E-state index contributed by atoms with van der Waals surface area (Å²) in [5.74, 6) is 0.508. The van der Waals surface area contributed by atoms with E-state index in [-0.39, 0.29) is 30.7 Å². The number of nitrogens with zero attached hydrogens (tertiary/aromatic N) is 5. The molecule has 176 valence electrons. The number of rotatable bonds is 9. The molecule has 10 nitrogen and oxygen atoms in total.